The summed E-state index contributed by atoms with van der Waals surface area (Å²) < 4.78 is 27.3. The summed E-state index contributed by atoms with van der Waals surface area (Å²) in [5.41, 5.74) is 2.19. The van der Waals surface area contributed by atoms with Gasteiger partial charge in [-0.3, -0.25) is 4.79 Å². The highest BCUT2D eigenvalue weighted by Gasteiger charge is 2.22. The second-order valence-corrected chi connectivity index (χ2v) is 8.66. The summed E-state index contributed by atoms with van der Waals surface area (Å²) in [5.74, 6) is 3.66. The predicted molar refractivity (Wildman–Crippen MR) is 135 cm³/mol. The molecule has 8 nitrogen and oxygen atoms in total. The first-order valence-corrected chi connectivity index (χ1v) is 12.0. The number of rotatable bonds is 13. The van der Waals surface area contributed by atoms with E-state index in [4.69, 9.17) is 23.7 Å². The van der Waals surface area contributed by atoms with Crippen LogP contribution in [0.2, 0.25) is 0 Å². The summed E-state index contributed by atoms with van der Waals surface area (Å²) in [7, 11) is 8.59. The van der Waals surface area contributed by atoms with Crippen LogP contribution in [-0.4, -0.2) is 84.0 Å². The van der Waals surface area contributed by atoms with Gasteiger partial charge in [-0.15, -0.1) is 0 Å². The molecule has 35 heavy (non-hydrogen) atoms. The van der Waals surface area contributed by atoms with Crippen molar-refractivity contribution in [2.45, 2.75) is 25.7 Å². The second kappa shape index (κ2) is 13.1. The molecule has 0 aromatic heterocycles. The van der Waals surface area contributed by atoms with Crippen molar-refractivity contribution in [3.8, 4) is 28.7 Å². The number of ether oxygens (including phenoxy) is 5. The fourth-order valence-electron chi connectivity index (χ4n) is 4.33. The molecular formula is C27H38N2O6. The van der Waals surface area contributed by atoms with Crippen molar-refractivity contribution in [1.29, 1.82) is 0 Å². The quantitative estimate of drug-likeness (QED) is 0.402. The molecule has 0 radical (unpaired) electrons. The predicted octanol–water partition coefficient (Wildman–Crippen LogP) is 3.44. The summed E-state index contributed by atoms with van der Waals surface area (Å²) in [6, 6.07) is 9.51. The lowest BCUT2D eigenvalue weighted by Gasteiger charge is -2.23. The number of benzene rings is 2. The highest BCUT2D eigenvalue weighted by Crippen LogP contribution is 2.33. The van der Waals surface area contributed by atoms with Gasteiger partial charge in [0, 0.05) is 25.7 Å². The molecule has 0 spiro atoms. The van der Waals surface area contributed by atoms with E-state index in [-0.39, 0.29) is 5.91 Å². The topological polar surface area (TPSA) is 69.7 Å². The van der Waals surface area contributed by atoms with Crippen LogP contribution in [0.15, 0.2) is 30.3 Å². The lowest BCUT2D eigenvalue weighted by atomic mass is 10.0. The van der Waals surface area contributed by atoms with E-state index in [1.807, 2.05) is 35.2 Å². The third kappa shape index (κ3) is 7.18. The highest BCUT2D eigenvalue weighted by molar-refractivity contribution is 5.80. The first-order valence-electron chi connectivity index (χ1n) is 12.0. The molecule has 192 valence electrons. The Kier molecular flexibility index (Phi) is 9.90. The molecule has 2 aromatic carbocycles. The van der Waals surface area contributed by atoms with E-state index >= 15 is 0 Å². The zero-order valence-electron chi connectivity index (χ0n) is 21.6. The average molecular weight is 487 g/mol. The number of methoxy groups -OCH3 is 4. The van der Waals surface area contributed by atoms with E-state index in [0.29, 0.717) is 36.0 Å². The van der Waals surface area contributed by atoms with Crippen molar-refractivity contribution in [1.82, 2.24) is 9.80 Å². The molecule has 1 amide bonds. The molecular weight excluding hydrogens is 448 g/mol. The van der Waals surface area contributed by atoms with Gasteiger partial charge in [-0.1, -0.05) is 0 Å². The van der Waals surface area contributed by atoms with Crippen LogP contribution in [0.3, 0.4) is 0 Å². The van der Waals surface area contributed by atoms with E-state index in [2.05, 4.69) is 11.9 Å². The van der Waals surface area contributed by atoms with Gasteiger partial charge < -0.3 is 33.5 Å². The van der Waals surface area contributed by atoms with Gasteiger partial charge in [0.2, 0.25) is 5.91 Å². The van der Waals surface area contributed by atoms with E-state index in [0.717, 1.165) is 62.3 Å². The van der Waals surface area contributed by atoms with Crippen molar-refractivity contribution in [2.24, 2.45) is 0 Å². The summed E-state index contributed by atoms with van der Waals surface area (Å²) in [6.07, 6.45) is 3.07. The molecule has 1 aliphatic rings. The number of amides is 1. The number of fused-ring (bicyclic) bond motifs is 1. The largest absolute Gasteiger partial charge is 0.493 e. The third-order valence-electron chi connectivity index (χ3n) is 6.33. The molecule has 1 heterocycles. The molecule has 2 aromatic rings. The van der Waals surface area contributed by atoms with Gasteiger partial charge in [0.15, 0.2) is 23.0 Å². The molecule has 8 heteroatoms. The Morgan fingerprint density at radius 2 is 1.46 bits per heavy atom. The van der Waals surface area contributed by atoms with Crippen molar-refractivity contribution >= 4 is 5.91 Å². The smallest absolute Gasteiger partial charge is 0.227 e. The Balaban J connectivity index is 1.38. The van der Waals surface area contributed by atoms with Crippen LogP contribution in [0, 0.1) is 0 Å². The molecule has 1 aliphatic heterocycles. The molecule has 0 saturated carbocycles. The van der Waals surface area contributed by atoms with E-state index < -0.39 is 0 Å². The van der Waals surface area contributed by atoms with E-state index in [1.54, 1.807) is 28.4 Å². The molecule has 0 saturated heterocycles. The van der Waals surface area contributed by atoms with Gasteiger partial charge in [-0.05, 0) is 68.2 Å². The number of hydrogen-bond donors (Lipinski definition) is 0. The normalized spacial score (nSPS) is 13.3. The molecule has 0 atom stereocenters. The van der Waals surface area contributed by atoms with Crippen LogP contribution in [0.25, 0.3) is 0 Å². The fraction of sp³-hybridized carbons (Fsp3) is 0.519. The van der Waals surface area contributed by atoms with Crippen molar-refractivity contribution < 1.29 is 28.5 Å². The lowest BCUT2D eigenvalue weighted by Crippen LogP contribution is -2.35. The summed E-state index contributed by atoms with van der Waals surface area (Å²) in [4.78, 5) is 17.1. The third-order valence-corrected chi connectivity index (χ3v) is 6.33. The Labute approximate surface area is 208 Å². The maximum atomic E-state index is 12.8. The zero-order chi connectivity index (χ0) is 25.2. The molecule has 0 fully saturated rings. The van der Waals surface area contributed by atoms with Crippen LogP contribution in [0.5, 0.6) is 28.7 Å². The fourth-order valence-corrected chi connectivity index (χ4v) is 4.33. The van der Waals surface area contributed by atoms with Gasteiger partial charge in [-0.25, -0.2) is 0 Å². The summed E-state index contributed by atoms with van der Waals surface area (Å²) in [5, 5.41) is 0. The first kappa shape index (κ1) is 26.5. The molecule has 0 unspecified atom stereocenters. The Morgan fingerprint density at radius 3 is 2.14 bits per heavy atom. The second-order valence-electron chi connectivity index (χ2n) is 8.66. The van der Waals surface area contributed by atoms with Crippen molar-refractivity contribution in [3.63, 3.8) is 0 Å². The summed E-state index contributed by atoms with van der Waals surface area (Å²) in [6.45, 7) is 3.95. The number of carbonyl (C=O) groups excluding carboxylic acids is 1. The minimum atomic E-state index is 0.168. The molecule has 0 N–H and O–H groups in total. The minimum absolute atomic E-state index is 0.168. The van der Waals surface area contributed by atoms with Gasteiger partial charge in [0.1, 0.15) is 5.75 Å². The van der Waals surface area contributed by atoms with Gasteiger partial charge in [-0.2, -0.15) is 0 Å². The molecule has 0 aliphatic carbocycles. The molecule has 0 bridgehead atoms. The summed E-state index contributed by atoms with van der Waals surface area (Å²) >= 11 is 0. The lowest BCUT2D eigenvalue weighted by molar-refractivity contribution is -0.130. The number of carbonyl (C=O) groups is 1. The maximum absolute atomic E-state index is 12.8. The van der Waals surface area contributed by atoms with Crippen molar-refractivity contribution in [3.05, 3.63) is 41.5 Å². The van der Waals surface area contributed by atoms with Gasteiger partial charge in [0.05, 0.1) is 41.5 Å². The van der Waals surface area contributed by atoms with Gasteiger partial charge in [0.25, 0.3) is 0 Å². The average Bonchev–Trinajstić information content (AvgIpc) is 3.03. The van der Waals surface area contributed by atoms with Crippen LogP contribution >= 0.6 is 0 Å². The van der Waals surface area contributed by atoms with Crippen LogP contribution in [-0.2, 0) is 17.6 Å². The zero-order valence-corrected chi connectivity index (χ0v) is 21.6. The Bertz CT molecular complexity index is 980. The highest BCUT2D eigenvalue weighted by atomic mass is 16.5. The minimum Gasteiger partial charge on any atom is -0.493 e. The Morgan fingerprint density at radius 1 is 0.829 bits per heavy atom. The van der Waals surface area contributed by atoms with Crippen LogP contribution < -0.4 is 23.7 Å². The van der Waals surface area contributed by atoms with E-state index in [9.17, 15) is 4.79 Å². The van der Waals surface area contributed by atoms with Crippen LogP contribution in [0.4, 0.5) is 0 Å². The van der Waals surface area contributed by atoms with E-state index in [1.165, 1.54) is 0 Å². The van der Waals surface area contributed by atoms with Crippen molar-refractivity contribution in [2.75, 3.05) is 68.3 Å². The Hall–Kier alpha value is -3.13. The number of nitrogens with zero attached hydrogens (tertiary/aromatic N) is 2. The number of hydrogen-bond acceptors (Lipinski definition) is 7. The molecule has 3 rings (SSSR count). The standard InChI is InChI=1S/C27H38N2O6/c1-28(12-7-15-35-22-8-9-23(31-2)26(19-22)34-5)11-6-13-29-14-10-20-16-24(32-3)25(33-4)17-21(20)18-27(29)30/h8-9,16-17,19H,6-7,10-15,18H2,1-5H3. The SMILES string of the molecule is COc1ccc(OCCCN(C)CCCN2CCc3cc(OC)c(OC)cc3CC2=O)cc1OC. The monoisotopic (exact) mass is 486 g/mol. The maximum Gasteiger partial charge on any atom is 0.227 e. The van der Waals surface area contributed by atoms with Gasteiger partial charge >= 0.3 is 0 Å². The first-order chi connectivity index (χ1) is 17.0. The van der Waals surface area contributed by atoms with Crippen LogP contribution in [0.1, 0.15) is 24.0 Å².